The second kappa shape index (κ2) is 7.29. The van der Waals surface area contributed by atoms with E-state index in [1.54, 1.807) is 23.6 Å². The molecule has 8 heteroatoms. The van der Waals surface area contributed by atoms with E-state index in [0.29, 0.717) is 33.7 Å². The predicted octanol–water partition coefficient (Wildman–Crippen LogP) is 2.65. The second-order valence-corrected chi connectivity index (χ2v) is 7.01. The predicted molar refractivity (Wildman–Crippen MR) is 94.5 cm³/mol. The highest BCUT2D eigenvalue weighted by Crippen LogP contribution is 2.28. The van der Waals surface area contributed by atoms with Crippen molar-refractivity contribution >= 4 is 40.4 Å². The van der Waals surface area contributed by atoms with Gasteiger partial charge in [-0.1, -0.05) is 11.6 Å². The molecule has 2 amide bonds. The number of halogens is 1. The van der Waals surface area contributed by atoms with Crippen LogP contribution in [-0.4, -0.2) is 23.3 Å². The summed E-state index contributed by atoms with van der Waals surface area (Å²) in [5.41, 5.74) is 6.53. The van der Waals surface area contributed by atoms with Crippen LogP contribution < -0.4 is 16.4 Å². The van der Waals surface area contributed by atoms with Gasteiger partial charge in [-0.2, -0.15) is 0 Å². The number of rotatable bonds is 6. The van der Waals surface area contributed by atoms with Gasteiger partial charge in [-0.25, -0.2) is 4.98 Å². The number of carbonyl (C=O) groups is 2. The van der Waals surface area contributed by atoms with Crippen molar-refractivity contribution in [3.05, 3.63) is 44.9 Å². The monoisotopic (exact) mass is 364 g/mol. The van der Waals surface area contributed by atoms with Gasteiger partial charge >= 0.3 is 0 Å². The number of carbonyl (C=O) groups excluding carboxylic acids is 2. The van der Waals surface area contributed by atoms with Crippen LogP contribution in [0, 0.1) is 5.92 Å². The van der Waals surface area contributed by atoms with Crippen LogP contribution in [0.25, 0.3) is 0 Å². The number of hydrogen-bond acceptors (Lipinski definition) is 5. The molecule has 1 heterocycles. The first-order chi connectivity index (χ1) is 11.6. The molecule has 1 aliphatic carbocycles. The standard InChI is InChI=1S/C16H17ClN4O2S/c17-10-3-4-12(11(5-10)15(22)19-7-9-1-2-9)21-16(23)13-8-24-14(6-18)20-13/h3-5,8-9H,1-2,6-7,18H2,(H,19,22)(H,21,23). The molecule has 0 bridgehead atoms. The summed E-state index contributed by atoms with van der Waals surface area (Å²) in [6, 6.07) is 4.79. The third kappa shape index (κ3) is 4.11. The number of thiazole rings is 1. The van der Waals surface area contributed by atoms with Crippen molar-refractivity contribution in [3.8, 4) is 0 Å². The van der Waals surface area contributed by atoms with E-state index in [-0.39, 0.29) is 24.1 Å². The average molecular weight is 365 g/mol. The Bertz CT molecular complexity index is 773. The Kier molecular flexibility index (Phi) is 5.13. The average Bonchev–Trinajstić information content (AvgIpc) is 3.28. The summed E-state index contributed by atoms with van der Waals surface area (Å²) in [4.78, 5) is 28.8. The quantitative estimate of drug-likeness (QED) is 0.734. The van der Waals surface area contributed by atoms with Crippen LogP contribution in [0.4, 0.5) is 5.69 Å². The maximum atomic E-state index is 12.4. The Balaban J connectivity index is 1.76. The van der Waals surface area contributed by atoms with Gasteiger partial charge in [0.1, 0.15) is 10.7 Å². The minimum Gasteiger partial charge on any atom is -0.352 e. The number of hydrogen-bond donors (Lipinski definition) is 3. The Morgan fingerprint density at radius 3 is 2.79 bits per heavy atom. The molecule has 0 atom stereocenters. The van der Waals surface area contributed by atoms with Crippen LogP contribution in [0.1, 0.15) is 38.7 Å². The molecule has 6 nitrogen and oxygen atoms in total. The minimum absolute atomic E-state index is 0.249. The van der Waals surface area contributed by atoms with Gasteiger partial charge in [-0.05, 0) is 37.0 Å². The van der Waals surface area contributed by atoms with E-state index >= 15 is 0 Å². The van der Waals surface area contributed by atoms with Crippen LogP contribution in [0.2, 0.25) is 5.02 Å². The highest BCUT2D eigenvalue weighted by molar-refractivity contribution is 7.09. The van der Waals surface area contributed by atoms with Crippen molar-refractivity contribution in [1.82, 2.24) is 10.3 Å². The molecule has 1 fully saturated rings. The first kappa shape index (κ1) is 16.9. The zero-order valence-corrected chi connectivity index (χ0v) is 14.4. The normalized spacial score (nSPS) is 13.6. The molecule has 0 radical (unpaired) electrons. The Morgan fingerprint density at radius 1 is 1.33 bits per heavy atom. The number of anilines is 1. The molecule has 1 aliphatic rings. The first-order valence-corrected chi connectivity index (χ1v) is 8.86. The number of amides is 2. The van der Waals surface area contributed by atoms with Crippen LogP contribution in [0.15, 0.2) is 23.6 Å². The van der Waals surface area contributed by atoms with E-state index in [9.17, 15) is 9.59 Å². The molecule has 4 N–H and O–H groups in total. The van der Waals surface area contributed by atoms with Gasteiger partial charge in [0, 0.05) is 23.5 Å². The highest BCUT2D eigenvalue weighted by Gasteiger charge is 2.23. The number of aromatic nitrogens is 1. The molecule has 3 rings (SSSR count). The molecule has 24 heavy (non-hydrogen) atoms. The number of nitrogens with two attached hydrogens (primary N) is 1. The fourth-order valence-corrected chi connectivity index (χ4v) is 2.99. The lowest BCUT2D eigenvalue weighted by Gasteiger charge is -2.11. The van der Waals surface area contributed by atoms with Gasteiger partial charge < -0.3 is 16.4 Å². The molecule has 126 valence electrons. The number of benzene rings is 1. The lowest BCUT2D eigenvalue weighted by atomic mass is 10.1. The van der Waals surface area contributed by atoms with Crippen molar-refractivity contribution < 1.29 is 9.59 Å². The van der Waals surface area contributed by atoms with Crippen molar-refractivity contribution in [1.29, 1.82) is 0 Å². The third-order valence-electron chi connectivity index (χ3n) is 3.68. The van der Waals surface area contributed by atoms with E-state index in [1.807, 2.05) is 0 Å². The maximum absolute atomic E-state index is 12.4. The summed E-state index contributed by atoms with van der Waals surface area (Å²) in [5, 5.41) is 8.35. The van der Waals surface area contributed by atoms with E-state index in [1.165, 1.54) is 11.3 Å². The molecule has 1 aromatic heterocycles. The van der Waals surface area contributed by atoms with Crippen LogP contribution in [0.3, 0.4) is 0 Å². The molecule has 2 aromatic rings. The summed E-state index contributed by atoms with van der Waals surface area (Å²) in [6.45, 7) is 0.929. The Labute approximate surface area is 148 Å². The van der Waals surface area contributed by atoms with Crippen molar-refractivity contribution in [2.75, 3.05) is 11.9 Å². The van der Waals surface area contributed by atoms with Crippen molar-refractivity contribution in [2.45, 2.75) is 19.4 Å². The van der Waals surface area contributed by atoms with Crippen molar-refractivity contribution in [3.63, 3.8) is 0 Å². The lowest BCUT2D eigenvalue weighted by Crippen LogP contribution is -2.27. The molecule has 1 saturated carbocycles. The number of nitrogens with zero attached hydrogens (tertiary/aromatic N) is 1. The zero-order valence-electron chi connectivity index (χ0n) is 12.8. The Hall–Kier alpha value is -1.96. The summed E-state index contributed by atoms with van der Waals surface area (Å²) in [5.74, 6) is -0.0685. The van der Waals surface area contributed by atoms with Gasteiger partial charge in [-0.15, -0.1) is 11.3 Å². The summed E-state index contributed by atoms with van der Waals surface area (Å²) in [6.07, 6.45) is 2.29. The molecule has 0 unspecified atom stereocenters. The van der Waals surface area contributed by atoms with Gasteiger partial charge in [-0.3, -0.25) is 9.59 Å². The highest BCUT2D eigenvalue weighted by atomic mass is 35.5. The van der Waals surface area contributed by atoms with E-state index in [0.717, 1.165) is 12.8 Å². The second-order valence-electron chi connectivity index (χ2n) is 5.63. The number of nitrogens with one attached hydrogen (secondary N) is 2. The molecular weight excluding hydrogens is 348 g/mol. The molecular formula is C16H17ClN4O2S. The topological polar surface area (TPSA) is 97.1 Å². The third-order valence-corrected chi connectivity index (χ3v) is 4.79. The molecule has 0 aliphatic heterocycles. The smallest absolute Gasteiger partial charge is 0.275 e. The van der Waals surface area contributed by atoms with Gasteiger partial charge in [0.15, 0.2) is 0 Å². The van der Waals surface area contributed by atoms with Crippen LogP contribution >= 0.6 is 22.9 Å². The first-order valence-electron chi connectivity index (χ1n) is 7.60. The summed E-state index contributed by atoms with van der Waals surface area (Å²) in [7, 11) is 0. The summed E-state index contributed by atoms with van der Waals surface area (Å²) >= 11 is 7.32. The van der Waals surface area contributed by atoms with Crippen LogP contribution in [-0.2, 0) is 6.54 Å². The minimum atomic E-state index is -0.385. The molecule has 1 aromatic carbocycles. The van der Waals surface area contributed by atoms with E-state index in [2.05, 4.69) is 15.6 Å². The van der Waals surface area contributed by atoms with Gasteiger partial charge in [0.25, 0.3) is 11.8 Å². The largest absolute Gasteiger partial charge is 0.352 e. The fourth-order valence-electron chi connectivity index (χ4n) is 2.16. The Morgan fingerprint density at radius 2 is 2.12 bits per heavy atom. The fraction of sp³-hybridized carbons (Fsp3) is 0.312. The van der Waals surface area contributed by atoms with Crippen molar-refractivity contribution in [2.24, 2.45) is 11.7 Å². The van der Waals surface area contributed by atoms with Gasteiger partial charge in [0.2, 0.25) is 0 Å². The van der Waals surface area contributed by atoms with E-state index in [4.69, 9.17) is 17.3 Å². The van der Waals surface area contributed by atoms with E-state index < -0.39 is 0 Å². The SMILES string of the molecule is NCc1nc(C(=O)Nc2ccc(Cl)cc2C(=O)NCC2CC2)cs1. The maximum Gasteiger partial charge on any atom is 0.275 e. The molecule has 0 spiro atoms. The summed E-state index contributed by atoms with van der Waals surface area (Å²) < 4.78 is 0. The van der Waals surface area contributed by atoms with Crippen LogP contribution in [0.5, 0.6) is 0 Å². The lowest BCUT2D eigenvalue weighted by molar-refractivity contribution is 0.0952. The van der Waals surface area contributed by atoms with Gasteiger partial charge in [0.05, 0.1) is 11.3 Å². The molecule has 0 saturated heterocycles. The zero-order chi connectivity index (χ0) is 17.1.